The molecule has 0 spiro atoms. The van der Waals surface area contributed by atoms with Crippen molar-refractivity contribution in [2.75, 3.05) is 12.4 Å². The van der Waals surface area contributed by atoms with Gasteiger partial charge < -0.3 is 10.1 Å². The Bertz CT molecular complexity index is 1300. The van der Waals surface area contributed by atoms with Crippen LogP contribution in [0, 0.1) is 10.1 Å². The topological polar surface area (TPSA) is 64.4 Å². The van der Waals surface area contributed by atoms with Crippen molar-refractivity contribution in [1.82, 2.24) is 0 Å². The number of halogens is 3. The number of alkyl halides is 3. The van der Waals surface area contributed by atoms with Crippen molar-refractivity contribution >= 4 is 27.8 Å². The second-order valence-corrected chi connectivity index (χ2v) is 7.12. The van der Waals surface area contributed by atoms with Gasteiger partial charge >= 0.3 is 6.18 Å². The molecule has 0 amide bonds. The smallest absolute Gasteiger partial charge is 0.416 e. The zero-order chi connectivity index (χ0) is 22.9. The predicted molar refractivity (Wildman–Crippen MR) is 117 cm³/mol. The first-order chi connectivity index (χ1) is 15.2. The van der Waals surface area contributed by atoms with Crippen LogP contribution in [0.25, 0.3) is 21.9 Å². The van der Waals surface area contributed by atoms with E-state index in [1.807, 2.05) is 30.3 Å². The zero-order valence-electron chi connectivity index (χ0n) is 16.8. The van der Waals surface area contributed by atoms with Crippen molar-refractivity contribution in [3.63, 3.8) is 0 Å². The van der Waals surface area contributed by atoms with E-state index < -0.39 is 16.7 Å². The van der Waals surface area contributed by atoms with Crippen molar-refractivity contribution in [3.05, 3.63) is 94.5 Å². The molecule has 4 rings (SSSR count). The summed E-state index contributed by atoms with van der Waals surface area (Å²) >= 11 is 0. The second-order valence-electron chi connectivity index (χ2n) is 7.12. The third kappa shape index (κ3) is 4.34. The summed E-state index contributed by atoms with van der Waals surface area (Å²) in [4.78, 5) is 11.1. The van der Waals surface area contributed by atoms with Crippen molar-refractivity contribution in [2.45, 2.75) is 6.18 Å². The summed E-state index contributed by atoms with van der Waals surface area (Å²) in [6, 6.07) is 20.1. The Morgan fingerprint density at radius 2 is 1.50 bits per heavy atom. The van der Waals surface area contributed by atoms with Gasteiger partial charge in [0.2, 0.25) is 0 Å². The van der Waals surface area contributed by atoms with Gasteiger partial charge in [0, 0.05) is 17.4 Å². The lowest BCUT2D eigenvalue weighted by atomic mass is 9.99. The average molecular weight is 438 g/mol. The summed E-state index contributed by atoms with van der Waals surface area (Å²) in [5, 5.41) is 16.4. The molecule has 0 saturated heterocycles. The van der Waals surface area contributed by atoms with Gasteiger partial charge in [0.1, 0.15) is 5.75 Å². The number of benzene rings is 4. The highest BCUT2D eigenvalue weighted by Crippen LogP contribution is 2.36. The van der Waals surface area contributed by atoms with E-state index in [1.165, 1.54) is 24.3 Å². The van der Waals surface area contributed by atoms with Crippen LogP contribution in [0.2, 0.25) is 0 Å². The maximum absolute atomic E-state index is 12.8. The van der Waals surface area contributed by atoms with Gasteiger partial charge in [-0.3, -0.25) is 10.1 Å². The van der Waals surface area contributed by atoms with Crippen LogP contribution in [0.1, 0.15) is 5.56 Å². The molecule has 32 heavy (non-hydrogen) atoms. The fraction of sp³-hybridized carbons (Fsp3) is 0.0833. The normalized spacial score (nSPS) is 11.4. The first kappa shape index (κ1) is 21.2. The molecule has 4 aromatic rings. The maximum atomic E-state index is 12.8. The SMILES string of the molecule is COc1ccc2cc(-c3cc(Nc4ccc(C(F)(F)F)cc4)ccc3[N+](=O)[O-])ccc2c1. The van der Waals surface area contributed by atoms with Crippen LogP contribution in [0.4, 0.5) is 30.2 Å². The molecule has 0 bridgehead atoms. The van der Waals surface area contributed by atoms with Crippen LogP contribution in [0.3, 0.4) is 0 Å². The van der Waals surface area contributed by atoms with E-state index in [0.29, 0.717) is 28.3 Å². The van der Waals surface area contributed by atoms with E-state index in [9.17, 15) is 23.3 Å². The monoisotopic (exact) mass is 438 g/mol. The minimum Gasteiger partial charge on any atom is -0.497 e. The van der Waals surface area contributed by atoms with E-state index in [2.05, 4.69) is 5.32 Å². The van der Waals surface area contributed by atoms with Gasteiger partial charge in [0.05, 0.1) is 23.2 Å². The van der Waals surface area contributed by atoms with Crippen molar-refractivity contribution in [1.29, 1.82) is 0 Å². The number of nitrogens with zero attached hydrogens (tertiary/aromatic N) is 1. The fourth-order valence-electron chi connectivity index (χ4n) is 3.43. The summed E-state index contributed by atoms with van der Waals surface area (Å²) in [6.07, 6.45) is -4.42. The molecule has 0 aliphatic heterocycles. The first-order valence-electron chi connectivity index (χ1n) is 9.55. The number of nitrogens with one attached hydrogen (secondary N) is 1. The molecule has 0 heterocycles. The van der Waals surface area contributed by atoms with Gasteiger partial charge in [-0.25, -0.2) is 0 Å². The number of hydrogen-bond acceptors (Lipinski definition) is 4. The third-order valence-corrected chi connectivity index (χ3v) is 5.05. The molecule has 1 N–H and O–H groups in total. The van der Waals surface area contributed by atoms with Gasteiger partial charge in [0.15, 0.2) is 0 Å². The van der Waals surface area contributed by atoms with Crippen LogP contribution in [-0.4, -0.2) is 12.0 Å². The molecular weight excluding hydrogens is 421 g/mol. The van der Waals surface area contributed by atoms with E-state index >= 15 is 0 Å². The summed E-state index contributed by atoms with van der Waals surface area (Å²) in [5.74, 6) is 0.707. The third-order valence-electron chi connectivity index (χ3n) is 5.05. The lowest BCUT2D eigenvalue weighted by molar-refractivity contribution is -0.384. The number of hydrogen-bond donors (Lipinski definition) is 1. The number of nitro groups is 1. The Labute approximate surface area is 181 Å². The maximum Gasteiger partial charge on any atom is 0.416 e. The zero-order valence-corrected chi connectivity index (χ0v) is 16.8. The highest BCUT2D eigenvalue weighted by molar-refractivity contribution is 5.90. The minimum atomic E-state index is -4.42. The molecule has 0 aliphatic carbocycles. The number of methoxy groups -OCH3 is 1. The fourth-order valence-corrected chi connectivity index (χ4v) is 3.43. The summed E-state index contributed by atoms with van der Waals surface area (Å²) in [6.45, 7) is 0. The largest absolute Gasteiger partial charge is 0.497 e. The molecule has 8 heteroatoms. The quantitative estimate of drug-likeness (QED) is 0.265. The molecule has 0 aromatic heterocycles. The van der Waals surface area contributed by atoms with E-state index in [-0.39, 0.29) is 5.69 Å². The van der Waals surface area contributed by atoms with Crippen LogP contribution in [0.15, 0.2) is 78.9 Å². The van der Waals surface area contributed by atoms with Crippen molar-refractivity contribution in [3.8, 4) is 16.9 Å². The highest BCUT2D eigenvalue weighted by Gasteiger charge is 2.30. The van der Waals surface area contributed by atoms with Gasteiger partial charge in [0.25, 0.3) is 5.69 Å². The Kier molecular flexibility index (Phi) is 5.44. The molecule has 0 saturated carbocycles. The van der Waals surface area contributed by atoms with Crippen molar-refractivity contribution in [2.24, 2.45) is 0 Å². The Morgan fingerprint density at radius 3 is 2.16 bits per heavy atom. The number of anilines is 2. The van der Waals surface area contributed by atoms with Gasteiger partial charge in [-0.1, -0.05) is 18.2 Å². The van der Waals surface area contributed by atoms with E-state index in [4.69, 9.17) is 4.74 Å². The lowest BCUT2D eigenvalue weighted by Crippen LogP contribution is -2.04. The molecule has 0 fully saturated rings. The number of ether oxygens (including phenoxy) is 1. The summed E-state index contributed by atoms with van der Waals surface area (Å²) in [5.41, 5.74) is 1.16. The lowest BCUT2D eigenvalue weighted by Gasteiger charge is -2.12. The predicted octanol–water partition coefficient (Wildman–Crippen LogP) is 7.19. The molecule has 0 unspecified atom stereocenters. The van der Waals surface area contributed by atoms with Gasteiger partial charge in [-0.15, -0.1) is 0 Å². The highest BCUT2D eigenvalue weighted by atomic mass is 19.4. The minimum absolute atomic E-state index is 0.0733. The Balaban J connectivity index is 1.71. The molecule has 162 valence electrons. The molecule has 5 nitrogen and oxygen atoms in total. The van der Waals surface area contributed by atoms with Gasteiger partial charge in [-0.05, 0) is 70.9 Å². The standard InChI is InChI=1S/C24H17F3N2O3/c1-32-21-10-4-15-12-17(3-2-16(15)13-21)22-14-20(9-11-23(22)29(30)31)28-19-7-5-18(6-8-19)24(25,26)27/h2-14,28H,1H3. The summed E-state index contributed by atoms with van der Waals surface area (Å²) in [7, 11) is 1.58. The molecular formula is C24H17F3N2O3. The van der Waals surface area contributed by atoms with E-state index in [0.717, 1.165) is 22.9 Å². The molecule has 0 aliphatic rings. The van der Waals surface area contributed by atoms with Crippen LogP contribution in [0.5, 0.6) is 5.75 Å². The van der Waals surface area contributed by atoms with Crippen LogP contribution >= 0.6 is 0 Å². The Morgan fingerprint density at radius 1 is 0.844 bits per heavy atom. The molecule has 0 radical (unpaired) electrons. The van der Waals surface area contributed by atoms with Crippen LogP contribution < -0.4 is 10.1 Å². The Hall–Kier alpha value is -4.07. The van der Waals surface area contributed by atoms with E-state index in [1.54, 1.807) is 19.2 Å². The molecule has 0 atom stereocenters. The first-order valence-corrected chi connectivity index (χ1v) is 9.55. The average Bonchev–Trinajstić information content (AvgIpc) is 2.78. The van der Waals surface area contributed by atoms with Crippen molar-refractivity contribution < 1.29 is 22.8 Å². The molecule has 4 aromatic carbocycles. The number of rotatable bonds is 5. The van der Waals surface area contributed by atoms with Gasteiger partial charge in [-0.2, -0.15) is 13.2 Å². The van der Waals surface area contributed by atoms with Crippen LogP contribution in [-0.2, 0) is 6.18 Å². The second kappa shape index (κ2) is 8.22. The number of fused-ring (bicyclic) bond motifs is 1. The summed E-state index contributed by atoms with van der Waals surface area (Å²) < 4.78 is 43.5. The number of nitro benzene ring substituents is 1.